The standard InChI is InChI=1S/C10H15N3O2/c1-7-5-9(12-8(2)6-11)3-4-10(7)13(14)15/h3-5,8,12H,6,11H2,1-2H3. The van der Waals surface area contributed by atoms with Gasteiger partial charge in [0.1, 0.15) is 0 Å². The maximum atomic E-state index is 10.6. The van der Waals surface area contributed by atoms with Gasteiger partial charge in [-0.2, -0.15) is 0 Å². The van der Waals surface area contributed by atoms with Gasteiger partial charge in [-0.15, -0.1) is 0 Å². The molecule has 0 saturated heterocycles. The molecule has 0 radical (unpaired) electrons. The molecular formula is C10H15N3O2. The van der Waals surface area contributed by atoms with E-state index >= 15 is 0 Å². The Hall–Kier alpha value is -1.62. The zero-order chi connectivity index (χ0) is 11.4. The van der Waals surface area contributed by atoms with Crippen LogP contribution in [-0.2, 0) is 0 Å². The molecule has 0 saturated carbocycles. The van der Waals surface area contributed by atoms with E-state index in [2.05, 4.69) is 5.32 Å². The molecular weight excluding hydrogens is 194 g/mol. The summed E-state index contributed by atoms with van der Waals surface area (Å²) in [6.07, 6.45) is 0. The quantitative estimate of drug-likeness (QED) is 0.583. The van der Waals surface area contributed by atoms with Crippen LogP contribution in [0.3, 0.4) is 0 Å². The molecule has 1 aromatic rings. The summed E-state index contributed by atoms with van der Waals surface area (Å²) >= 11 is 0. The fraction of sp³-hybridized carbons (Fsp3) is 0.400. The van der Waals surface area contributed by atoms with Gasteiger partial charge < -0.3 is 11.1 Å². The number of hydrogen-bond acceptors (Lipinski definition) is 4. The Morgan fingerprint density at radius 3 is 2.73 bits per heavy atom. The average Bonchev–Trinajstić information content (AvgIpc) is 2.17. The number of nitrogens with zero attached hydrogens (tertiary/aromatic N) is 1. The van der Waals surface area contributed by atoms with Crippen molar-refractivity contribution in [3.05, 3.63) is 33.9 Å². The number of nitro benzene ring substituents is 1. The first-order chi connectivity index (χ1) is 7.04. The highest BCUT2D eigenvalue weighted by atomic mass is 16.6. The van der Waals surface area contributed by atoms with Crippen LogP contribution in [0.4, 0.5) is 11.4 Å². The first-order valence-electron chi connectivity index (χ1n) is 4.76. The third-order valence-corrected chi connectivity index (χ3v) is 2.16. The highest BCUT2D eigenvalue weighted by molar-refractivity contribution is 5.53. The van der Waals surface area contributed by atoms with E-state index in [4.69, 9.17) is 5.73 Å². The number of nitrogens with one attached hydrogen (secondary N) is 1. The number of hydrogen-bond donors (Lipinski definition) is 2. The molecule has 0 aromatic heterocycles. The molecule has 0 spiro atoms. The summed E-state index contributed by atoms with van der Waals surface area (Å²) in [5, 5.41) is 13.7. The monoisotopic (exact) mass is 209 g/mol. The smallest absolute Gasteiger partial charge is 0.272 e. The molecule has 0 aliphatic rings. The van der Waals surface area contributed by atoms with Gasteiger partial charge in [0, 0.05) is 29.9 Å². The highest BCUT2D eigenvalue weighted by Gasteiger charge is 2.10. The lowest BCUT2D eigenvalue weighted by Crippen LogP contribution is -2.25. The third kappa shape index (κ3) is 2.92. The van der Waals surface area contributed by atoms with Crippen molar-refractivity contribution in [3.8, 4) is 0 Å². The summed E-state index contributed by atoms with van der Waals surface area (Å²) in [5.41, 5.74) is 7.11. The van der Waals surface area contributed by atoms with Gasteiger partial charge in [0.05, 0.1) is 4.92 Å². The average molecular weight is 209 g/mol. The van der Waals surface area contributed by atoms with Gasteiger partial charge in [-0.05, 0) is 26.0 Å². The van der Waals surface area contributed by atoms with Crippen LogP contribution < -0.4 is 11.1 Å². The van der Waals surface area contributed by atoms with Gasteiger partial charge in [0.25, 0.3) is 5.69 Å². The Labute approximate surface area is 88.4 Å². The van der Waals surface area contributed by atoms with Crippen molar-refractivity contribution < 1.29 is 4.92 Å². The maximum absolute atomic E-state index is 10.6. The van der Waals surface area contributed by atoms with Gasteiger partial charge in [-0.25, -0.2) is 0 Å². The Morgan fingerprint density at radius 2 is 2.27 bits per heavy atom. The van der Waals surface area contributed by atoms with Crippen LogP contribution in [0.5, 0.6) is 0 Å². The second kappa shape index (κ2) is 4.75. The summed E-state index contributed by atoms with van der Waals surface area (Å²) in [7, 11) is 0. The molecule has 1 atom stereocenters. The van der Waals surface area contributed by atoms with Crippen LogP contribution in [0, 0.1) is 17.0 Å². The van der Waals surface area contributed by atoms with Gasteiger partial charge >= 0.3 is 0 Å². The number of aryl methyl sites for hydroxylation is 1. The van der Waals surface area contributed by atoms with Crippen LogP contribution >= 0.6 is 0 Å². The molecule has 5 nitrogen and oxygen atoms in total. The molecule has 0 fully saturated rings. The molecule has 0 heterocycles. The lowest BCUT2D eigenvalue weighted by Gasteiger charge is -2.13. The molecule has 15 heavy (non-hydrogen) atoms. The normalized spacial score (nSPS) is 12.2. The van der Waals surface area contributed by atoms with E-state index in [9.17, 15) is 10.1 Å². The minimum atomic E-state index is -0.383. The molecule has 82 valence electrons. The summed E-state index contributed by atoms with van der Waals surface area (Å²) in [6, 6.07) is 5.11. The van der Waals surface area contributed by atoms with E-state index in [1.165, 1.54) is 6.07 Å². The number of anilines is 1. The largest absolute Gasteiger partial charge is 0.381 e. The molecule has 0 bridgehead atoms. The Bertz CT molecular complexity index is 366. The van der Waals surface area contributed by atoms with Crippen molar-refractivity contribution in [2.75, 3.05) is 11.9 Å². The van der Waals surface area contributed by atoms with Crippen LogP contribution in [0.25, 0.3) is 0 Å². The van der Waals surface area contributed by atoms with Crippen molar-refractivity contribution in [2.45, 2.75) is 19.9 Å². The van der Waals surface area contributed by atoms with Crippen molar-refractivity contribution in [3.63, 3.8) is 0 Å². The predicted octanol–water partition coefficient (Wildman–Crippen LogP) is 1.66. The van der Waals surface area contributed by atoms with E-state index in [-0.39, 0.29) is 16.7 Å². The summed E-state index contributed by atoms with van der Waals surface area (Å²) in [5.74, 6) is 0. The first kappa shape index (κ1) is 11.5. The molecule has 0 amide bonds. The molecule has 3 N–H and O–H groups in total. The van der Waals surface area contributed by atoms with E-state index < -0.39 is 0 Å². The van der Waals surface area contributed by atoms with Crippen LogP contribution in [0.1, 0.15) is 12.5 Å². The molecule has 1 rings (SSSR count). The summed E-state index contributed by atoms with van der Waals surface area (Å²) in [6.45, 7) is 4.20. The number of benzene rings is 1. The Morgan fingerprint density at radius 1 is 1.60 bits per heavy atom. The Balaban J connectivity index is 2.87. The van der Waals surface area contributed by atoms with Crippen LogP contribution in [0.2, 0.25) is 0 Å². The van der Waals surface area contributed by atoms with Crippen molar-refractivity contribution in [2.24, 2.45) is 5.73 Å². The zero-order valence-corrected chi connectivity index (χ0v) is 8.86. The summed E-state index contributed by atoms with van der Waals surface area (Å²) < 4.78 is 0. The lowest BCUT2D eigenvalue weighted by atomic mass is 10.1. The maximum Gasteiger partial charge on any atom is 0.272 e. The molecule has 0 aliphatic heterocycles. The third-order valence-electron chi connectivity index (χ3n) is 2.16. The molecule has 1 aromatic carbocycles. The van der Waals surface area contributed by atoms with Gasteiger partial charge in [-0.1, -0.05) is 0 Å². The van der Waals surface area contributed by atoms with Crippen molar-refractivity contribution in [1.82, 2.24) is 0 Å². The summed E-state index contributed by atoms with van der Waals surface area (Å²) in [4.78, 5) is 10.2. The van der Waals surface area contributed by atoms with Crippen molar-refractivity contribution >= 4 is 11.4 Å². The van der Waals surface area contributed by atoms with Gasteiger partial charge in [0.15, 0.2) is 0 Å². The van der Waals surface area contributed by atoms with E-state index in [1.54, 1.807) is 19.1 Å². The fourth-order valence-electron chi connectivity index (χ4n) is 1.29. The second-order valence-corrected chi connectivity index (χ2v) is 3.54. The van der Waals surface area contributed by atoms with Gasteiger partial charge in [-0.3, -0.25) is 10.1 Å². The van der Waals surface area contributed by atoms with Gasteiger partial charge in [0.2, 0.25) is 0 Å². The van der Waals surface area contributed by atoms with E-state index in [0.29, 0.717) is 12.1 Å². The first-order valence-corrected chi connectivity index (χ1v) is 4.76. The minimum absolute atomic E-state index is 0.140. The topological polar surface area (TPSA) is 81.2 Å². The van der Waals surface area contributed by atoms with E-state index in [0.717, 1.165) is 5.69 Å². The zero-order valence-electron chi connectivity index (χ0n) is 8.86. The van der Waals surface area contributed by atoms with Crippen LogP contribution in [0.15, 0.2) is 18.2 Å². The SMILES string of the molecule is Cc1cc(NC(C)CN)ccc1[N+](=O)[O-]. The molecule has 1 unspecified atom stereocenters. The number of nitrogens with two attached hydrogens (primary N) is 1. The van der Waals surface area contributed by atoms with Crippen LogP contribution in [-0.4, -0.2) is 17.5 Å². The predicted molar refractivity (Wildman–Crippen MR) is 60.0 cm³/mol. The molecule has 0 aliphatic carbocycles. The van der Waals surface area contributed by atoms with Crippen molar-refractivity contribution in [1.29, 1.82) is 0 Å². The highest BCUT2D eigenvalue weighted by Crippen LogP contribution is 2.21. The molecule has 5 heteroatoms. The minimum Gasteiger partial charge on any atom is -0.381 e. The number of rotatable bonds is 4. The number of nitro groups is 1. The fourth-order valence-corrected chi connectivity index (χ4v) is 1.29. The lowest BCUT2D eigenvalue weighted by molar-refractivity contribution is -0.385. The second-order valence-electron chi connectivity index (χ2n) is 3.54. The van der Waals surface area contributed by atoms with E-state index in [1.807, 2.05) is 6.92 Å². The Kier molecular flexibility index (Phi) is 3.62.